The van der Waals surface area contributed by atoms with Crippen LogP contribution in [0.1, 0.15) is 10.4 Å². The second kappa shape index (κ2) is 4.55. The van der Waals surface area contributed by atoms with Gasteiger partial charge in [-0.25, -0.2) is 0 Å². The van der Waals surface area contributed by atoms with E-state index in [1.165, 1.54) is 11.8 Å². The Morgan fingerprint density at radius 1 is 1.22 bits per heavy atom. The normalized spacial score (nSPS) is 18.9. The molecule has 3 rings (SSSR count). The van der Waals surface area contributed by atoms with E-state index in [1.54, 1.807) is 0 Å². The van der Waals surface area contributed by atoms with Gasteiger partial charge in [0.1, 0.15) is 11.2 Å². The Morgan fingerprint density at radius 2 is 2.00 bits per heavy atom. The zero-order valence-corrected chi connectivity index (χ0v) is 10.5. The molecule has 1 heterocycles. The predicted molar refractivity (Wildman–Crippen MR) is 76.1 cm³/mol. The third-order valence-corrected chi connectivity index (χ3v) is 3.97. The van der Waals surface area contributed by atoms with E-state index in [9.17, 15) is 4.79 Å². The zero-order valence-electron chi connectivity index (χ0n) is 9.67. The Labute approximate surface area is 109 Å². The number of hydrogen-bond acceptors (Lipinski definition) is 4. The van der Waals surface area contributed by atoms with Gasteiger partial charge in [0.25, 0.3) is 0 Å². The maximum absolute atomic E-state index is 12.4. The quantitative estimate of drug-likeness (QED) is 0.840. The fourth-order valence-electron chi connectivity index (χ4n) is 2.05. The first-order chi connectivity index (χ1) is 8.75. The minimum atomic E-state index is -0.246. The van der Waals surface area contributed by atoms with Crippen molar-refractivity contribution in [2.45, 2.75) is 6.17 Å². The summed E-state index contributed by atoms with van der Waals surface area (Å²) in [6, 6.07) is 13.6. The molecule has 2 aromatic carbocycles. The topological polar surface area (TPSA) is 55.5 Å². The van der Waals surface area contributed by atoms with Crippen molar-refractivity contribution in [1.29, 1.82) is 0 Å². The van der Waals surface area contributed by atoms with Crippen molar-refractivity contribution in [3.63, 3.8) is 0 Å². The average Bonchev–Trinajstić information content (AvgIpc) is 2.84. The van der Waals surface area contributed by atoms with Crippen LogP contribution in [-0.2, 0) is 0 Å². The molecule has 0 amide bonds. The monoisotopic (exact) mass is 256 g/mol. The third-order valence-electron chi connectivity index (χ3n) is 2.90. The first-order valence-electron chi connectivity index (χ1n) is 5.74. The molecule has 2 aromatic rings. The summed E-state index contributed by atoms with van der Waals surface area (Å²) in [5.41, 5.74) is 6.40. The van der Waals surface area contributed by atoms with Gasteiger partial charge >= 0.3 is 0 Å². The lowest BCUT2D eigenvalue weighted by Crippen LogP contribution is -2.16. The lowest BCUT2D eigenvalue weighted by Gasteiger charge is -2.04. The number of nitrogens with two attached hydrogens (primary N) is 1. The van der Waals surface area contributed by atoms with Crippen molar-refractivity contribution in [1.82, 2.24) is 0 Å². The van der Waals surface area contributed by atoms with Gasteiger partial charge in [0.15, 0.2) is 0 Å². The molecular weight excluding hydrogens is 244 g/mol. The van der Waals surface area contributed by atoms with Gasteiger partial charge in [-0.15, -0.1) is 0 Å². The predicted octanol–water partition coefficient (Wildman–Crippen LogP) is 2.45. The van der Waals surface area contributed by atoms with Gasteiger partial charge < -0.3 is 5.73 Å². The van der Waals surface area contributed by atoms with E-state index in [1.807, 2.05) is 42.5 Å². The fourth-order valence-corrected chi connectivity index (χ4v) is 2.91. The van der Waals surface area contributed by atoms with E-state index in [0.29, 0.717) is 16.4 Å². The van der Waals surface area contributed by atoms with E-state index in [4.69, 9.17) is 5.73 Å². The number of thioether (sulfide) groups is 1. The standard InChI is InChI=1S/C14H12N2OS/c15-12-8-18-14(16-12)13(17)11-7-3-5-9-4-1-2-6-10(9)11/h1-7,12H,8,15H2. The van der Waals surface area contributed by atoms with Crippen LogP contribution in [0.4, 0.5) is 0 Å². The Balaban J connectivity index is 2.09. The molecule has 0 bridgehead atoms. The van der Waals surface area contributed by atoms with Gasteiger partial charge in [0, 0.05) is 11.3 Å². The number of nitrogens with zero attached hydrogens (tertiary/aromatic N) is 1. The van der Waals surface area contributed by atoms with Crippen LogP contribution in [0.15, 0.2) is 47.5 Å². The number of hydrogen-bond donors (Lipinski definition) is 1. The highest BCUT2D eigenvalue weighted by atomic mass is 32.2. The van der Waals surface area contributed by atoms with Crippen LogP contribution >= 0.6 is 11.8 Å². The van der Waals surface area contributed by atoms with Crippen LogP contribution in [0.3, 0.4) is 0 Å². The summed E-state index contributed by atoms with van der Waals surface area (Å²) in [6.45, 7) is 0. The molecule has 0 fully saturated rings. The first kappa shape index (κ1) is 11.4. The van der Waals surface area contributed by atoms with E-state index < -0.39 is 0 Å². The number of aliphatic imine (C=N–C) groups is 1. The molecule has 0 aliphatic carbocycles. The van der Waals surface area contributed by atoms with E-state index in [-0.39, 0.29) is 11.9 Å². The van der Waals surface area contributed by atoms with Crippen molar-refractivity contribution in [3.05, 3.63) is 48.0 Å². The molecule has 90 valence electrons. The Morgan fingerprint density at radius 3 is 2.78 bits per heavy atom. The number of benzene rings is 2. The molecule has 0 radical (unpaired) electrons. The SMILES string of the molecule is NC1CSC(C(=O)c2cccc3ccccc23)=N1. The minimum Gasteiger partial charge on any atom is -0.309 e. The van der Waals surface area contributed by atoms with Crippen LogP contribution in [0.25, 0.3) is 10.8 Å². The molecule has 0 aromatic heterocycles. The maximum Gasteiger partial charge on any atom is 0.218 e. The highest BCUT2D eigenvalue weighted by molar-refractivity contribution is 8.16. The molecule has 18 heavy (non-hydrogen) atoms. The van der Waals surface area contributed by atoms with Crippen LogP contribution in [-0.4, -0.2) is 22.7 Å². The number of carbonyl (C=O) groups excluding carboxylic acids is 1. The molecule has 1 unspecified atom stereocenters. The number of ketones is 1. The van der Waals surface area contributed by atoms with Crippen LogP contribution in [0, 0.1) is 0 Å². The van der Waals surface area contributed by atoms with Gasteiger partial charge in [0.05, 0.1) is 0 Å². The van der Waals surface area contributed by atoms with Gasteiger partial charge in [-0.05, 0) is 10.8 Å². The molecule has 1 atom stereocenters. The molecule has 0 saturated carbocycles. The van der Waals surface area contributed by atoms with Gasteiger partial charge in [-0.1, -0.05) is 54.2 Å². The molecule has 1 aliphatic heterocycles. The van der Waals surface area contributed by atoms with Crippen molar-refractivity contribution >= 4 is 33.4 Å². The number of rotatable bonds is 2. The van der Waals surface area contributed by atoms with Crippen LogP contribution < -0.4 is 5.73 Å². The lowest BCUT2D eigenvalue weighted by molar-refractivity contribution is 0.107. The Hall–Kier alpha value is -1.65. The molecular formula is C14H12N2OS. The molecule has 2 N–H and O–H groups in total. The lowest BCUT2D eigenvalue weighted by atomic mass is 10.0. The van der Waals surface area contributed by atoms with Crippen molar-refractivity contribution in [3.8, 4) is 0 Å². The number of carbonyl (C=O) groups is 1. The number of fused-ring (bicyclic) bond motifs is 1. The molecule has 0 saturated heterocycles. The van der Waals surface area contributed by atoms with Gasteiger partial charge in [-0.2, -0.15) is 0 Å². The molecule has 4 heteroatoms. The first-order valence-corrected chi connectivity index (χ1v) is 6.73. The summed E-state index contributed by atoms with van der Waals surface area (Å²) in [7, 11) is 0. The highest BCUT2D eigenvalue weighted by Gasteiger charge is 2.23. The smallest absolute Gasteiger partial charge is 0.218 e. The van der Waals surface area contributed by atoms with Crippen molar-refractivity contribution in [2.24, 2.45) is 10.7 Å². The summed E-state index contributed by atoms with van der Waals surface area (Å²) in [6.07, 6.45) is -0.246. The van der Waals surface area contributed by atoms with Gasteiger partial charge in [-0.3, -0.25) is 9.79 Å². The summed E-state index contributed by atoms with van der Waals surface area (Å²) in [5, 5.41) is 2.56. The Bertz CT molecular complexity index is 646. The Kier molecular flexibility index (Phi) is 2.89. The second-order valence-electron chi connectivity index (χ2n) is 4.17. The van der Waals surface area contributed by atoms with Crippen LogP contribution in [0.5, 0.6) is 0 Å². The van der Waals surface area contributed by atoms with E-state index in [2.05, 4.69) is 4.99 Å². The second-order valence-corrected chi connectivity index (χ2v) is 5.18. The van der Waals surface area contributed by atoms with Crippen LogP contribution in [0.2, 0.25) is 0 Å². The summed E-state index contributed by atoms with van der Waals surface area (Å²) in [5.74, 6) is 0.663. The molecule has 0 spiro atoms. The van der Waals surface area contributed by atoms with Crippen molar-refractivity contribution < 1.29 is 4.79 Å². The third kappa shape index (κ3) is 1.94. The minimum absolute atomic E-state index is 0.0234. The largest absolute Gasteiger partial charge is 0.309 e. The van der Waals surface area contributed by atoms with E-state index in [0.717, 1.165) is 10.8 Å². The highest BCUT2D eigenvalue weighted by Crippen LogP contribution is 2.24. The maximum atomic E-state index is 12.4. The van der Waals surface area contributed by atoms with E-state index >= 15 is 0 Å². The fraction of sp³-hybridized carbons (Fsp3) is 0.143. The average molecular weight is 256 g/mol. The summed E-state index contributed by atoms with van der Waals surface area (Å²) in [4.78, 5) is 16.6. The zero-order chi connectivity index (χ0) is 12.5. The van der Waals surface area contributed by atoms with Gasteiger partial charge in [0.2, 0.25) is 5.78 Å². The molecule has 3 nitrogen and oxygen atoms in total. The summed E-state index contributed by atoms with van der Waals surface area (Å²) < 4.78 is 0. The van der Waals surface area contributed by atoms with Crippen molar-refractivity contribution in [2.75, 3.05) is 5.75 Å². The number of Topliss-reactive ketones (excluding diaryl/α,β-unsaturated/α-hetero) is 1. The summed E-state index contributed by atoms with van der Waals surface area (Å²) >= 11 is 1.44. The molecule has 1 aliphatic rings.